The largest absolute Gasteiger partial charge is 0.488 e. The van der Waals surface area contributed by atoms with Crippen molar-refractivity contribution in [2.24, 2.45) is 5.92 Å². The fourth-order valence-electron chi connectivity index (χ4n) is 4.12. The molecule has 0 radical (unpaired) electrons. The van der Waals surface area contributed by atoms with Gasteiger partial charge in [0.15, 0.2) is 0 Å². The molecule has 2 aromatic carbocycles. The maximum atomic E-state index is 13.2. The zero-order valence-electron chi connectivity index (χ0n) is 21.3. The van der Waals surface area contributed by atoms with E-state index in [1.165, 1.54) is 12.1 Å². The highest BCUT2D eigenvalue weighted by Crippen LogP contribution is 2.31. The van der Waals surface area contributed by atoms with E-state index in [0.29, 0.717) is 30.1 Å². The molecule has 3 atom stereocenters. The van der Waals surface area contributed by atoms with E-state index < -0.39 is 17.8 Å². The second-order valence-corrected chi connectivity index (χ2v) is 9.63. The van der Waals surface area contributed by atoms with Crippen molar-refractivity contribution in [3.05, 3.63) is 53.6 Å². The van der Waals surface area contributed by atoms with Crippen LogP contribution < -0.4 is 15.4 Å². The van der Waals surface area contributed by atoms with Gasteiger partial charge >= 0.3 is 12.2 Å². The standard InChI is InChI=1S/C26H33F3N4O4/c1-16-13-33(17(2)15-34)24(35)12-18-11-21(9-10-22(18)37-23(16)14-32(3)4)31-25(36)30-20-7-5-19(6-8-20)26(27,28)29/h5-11,16-17,23,34H,12-15H2,1-4H3,(H2,30,31,36)/t16-,17+,23+/m0/s1. The molecular formula is C26H33F3N4O4. The van der Waals surface area contributed by atoms with Gasteiger partial charge in [-0.15, -0.1) is 0 Å². The molecule has 1 heterocycles. The number of hydrogen-bond acceptors (Lipinski definition) is 5. The highest BCUT2D eigenvalue weighted by Gasteiger charge is 2.31. The van der Waals surface area contributed by atoms with Crippen LogP contribution in [-0.2, 0) is 17.4 Å². The molecule has 0 bridgehead atoms. The minimum absolute atomic E-state index is 0.0110. The molecule has 0 saturated carbocycles. The molecule has 0 saturated heterocycles. The van der Waals surface area contributed by atoms with Gasteiger partial charge in [-0.3, -0.25) is 4.79 Å². The van der Waals surface area contributed by atoms with Crippen LogP contribution >= 0.6 is 0 Å². The van der Waals surface area contributed by atoms with Gasteiger partial charge < -0.3 is 30.3 Å². The number of hydrogen-bond donors (Lipinski definition) is 3. The highest BCUT2D eigenvalue weighted by molar-refractivity contribution is 6.00. The third kappa shape index (κ3) is 7.59. The number of urea groups is 1. The average molecular weight is 523 g/mol. The summed E-state index contributed by atoms with van der Waals surface area (Å²) in [5, 5.41) is 14.9. The Labute approximate surface area is 214 Å². The van der Waals surface area contributed by atoms with Gasteiger partial charge in [-0.05, 0) is 63.5 Å². The molecule has 0 spiro atoms. The van der Waals surface area contributed by atoms with Crippen molar-refractivity contribution in [3.8, 4) is 5.75 Å². The Morgan fingerprint density at radius 3 is 2.38 bits per heavy atom. The lowest BCUT2D eigenvalue weighted by Gasteiger charge is -2.33. The van der Waals surface area contributed by atoms with Crippen molar-refractivity contribution in [2.75, 3.05) is 44.4 Å². The molecule has 0 aliphatic carbocycles. The zero-order valence-corrected chi connectivity index (χ0v) is 21.3. The number of anilines is 2. The summed E-state index contributed by atoms with van der Waals surface area (Å²) in [6, 6.07) is 8.06. The summed E-state index contributed by atoms with van der Waals surface area (Å²) in [7, 11) is 3.87. The fourth-order valence-corrected chi connectivity index (χ4v) is 4.12. The molecule has 0 fully saturated rings. The number of ether oxygens (including phenoxy) is 1. The first kappa shape index (κ1) is 28.3. The summed E-state index contributed by atoms with van der Waals surface area (Å²) in [4.78, 5) is 29.3. The highest BCUT2D eigenvalue weighted by atomic mass is 19.4. The van der Waals surface area contributed by atoms with E-state index in [1.807, 2.05) is 25.9 Å². The lowest BCUT2D eigenvalue weighted by atomic mass is 10.0. The van der Waals surface area contributed by atoms with Gasteiger partial charge in [0.05, 0.1) is 24.6 Å². The number of nitrogens with one attached hydrogen (secondary N) is 2. The van der Waals surface area contributed by atoms with Crippen LogP contribution in [0.5, 0.6) is 5.75 Å². The van der Waals surface area contributed by atoms with E-state index in [9.17, 15) is 27.9 Å². The van der Waals surface area contributed by atoms with E-state index in [2.05, 4.69) is 10.6 Å². The van der Waals surface area contributed by atoms with Gasteiger partial charge in [0, 0.05) is 35.9 Å². The number of fused-ring (bicyclic) bond motifs is 1. The Morgan fingerprint density at radius 2 is 1.78 bits per heavy atom. The second-order valence-electron chi connectivity index (χ2n) is 9.63. The molecule has 0 aromatic heterocycles. The predicted octanol–water partition coefficient (Wildman–Crippen LogP) is 4.06. The number of benzene rings is 2. The maximum absolute atomic E-state index is 13.2. The van der Waals surface area contributed by atoms with Crippen molar-refractivity contribution < 1.29 is 32.6 Å². The molecule has 3 amide bonds. The maximum Gasteiger partial charge on any atom is 0.416 e. The molecule has 37 heavy (non-hydrogen) atoms. The fraction of sp³-hybridized carbons (Fsp3) is 0.462. The third-order valence-electron chi connectivity index (χ3n) is 6.19. The summed E-state index contributed by atoms with van der Waals surface area (Å²) in [6.07, 6.45) is -4.68. The van der Waals surface area contributed by atoms with Crippen LogP contribution in [0.25, 0.3) is 0 Å². The van der Waals surface area contributed by atoms with Crippen LogP contribution in [0, 0.1) is 5.92 Å². The number of nitrogens with zero attached hydrogens (tertiary/aromatic N) is 2. The number of carbonyl (C=O) groups excluding carboxylic acids is 2. The Balaban J connectivity index is 1.81. The Morgan fingerprint density at radius 1 is 1.16 bits per heavy atom. The topological polar surface area (TPSA) is 94.1 Å². The summed E-state index contributed by atoms with van der Waals surface area (Å²) in [6.45, 7) is 4.66. The number of carbonyl (C=O) groups is 2. The molecule has 3 rings (SSSR count). The molecule has 11 heteroatoms. The van der Waals surface area contributed by atoms with Crippen LogP contribution in [0.15, 0.2) is 42.5 Å². The first-order valence-electron chi connectivity index (χ1n) is 12.0. The summed E-state index contributed by atoms with van der Waals surface area (Å²) in [5.74, 6) is 0.341. The first-order chi connectivity index (χ1) is 17.4. The van der Waals surface area contributed by atoms with Gasteiger partial charge in [-0.2, -0.15) is 13.2 Å². The third-order valence-corrected chi connectivity index (χ3v) is 6.19. The summed E-state index contributed by atoms with van der Waals surface area (Å²) >= 11 is 0. The van der Waals surface area contributed by atoms with E-state index in [-0.39, 0.29) is 42.7 Å². The molecular weight excluding hydrogens is 489 g/mol. The smallest absolute Gasteiger partial charge is 0.416 e. The quantitative estimate of drug-likeness (QED) is 0.532. The monoisotopic (exact) mass is 522 g/mol. The van der Waals surface area contributed by atoms with Crippen molar-refractivity contribution in [1.82, 2.24) is 9.80 Å². The van der Waals surface area contributed by atoms with Gasteiger partial charge in [0.25, 0.3) is 0 Å². The lowest BCUT2D eigenvalue weighted by molar-refractivity contribution is -0.137. The van der Waals surface area contributed by atoms with Crippen molar-refractivity contribution in [2.45, 2.75) is 38.6 Å². The Bertz CT molecular complexity index is 1090. The molecule has 0 unspecified atom stereocenters. The van der Waals surface area contributed by atoms with Gasteiger partial charge in [0.1, 0.15) is 11.9 Å². The number of likely N-dealkylation sites (N-methyl/N-ethyl adjacent to an activating group) is 1. The van der Waals surface area contributed by atoms with E-state index in [0.717, 1.165) is 12.1 Å². The minimum atomic E-state index is -4.46. The molecule has 1 aliphatic rings. The number of halogens is 3. The lowest BCUT2D eigenvalue weighted by Crippen LogP contribution is -2.47. The molecule has 1 aliphatic heterocycles. The Hall–Kier alpha value is -3.31. The normalized spacial score (nSPS) is 19.3. The summed E-state index contributed by atoms with van der Waals surface area (Å²) in [5.41, 5.74) is 0.344. The van der Waals surface area contributed by atoms with Gasteiger partial charge in [-0.1, -0.05) is 6.92 Å². The number of aliphatic hydroxyl groups excluding tert-OH is 1. The minimum Gasteiger partial charge on any atom is -0.488 e. The van der Waals surface area contributed by atoms with Crippen molar-refractivity contribution >= 4 is 23.3 Å². The Kier molecular flexibility index (Phi) is 9.03. The van der Waals surface area contributed by atoms with E-state index >= 15 is 0 Å². The van der Waals surface area contributed by atoms with Crippen molar-refractivity contribution in [3.63, 3.8) is 0 Å². The first-order valence-corrected chi connectivity index (χ1v) is 12.0. The second kappa shape index (κ2) is 11.8. The molecule has 8 nitrogen and oxygen atoms in total. The van der Waals surface area contributed by atoms with Crippen LogP contribution in [-0.4, -0.2) is 72.8 Å². The number of rotatable bonds is 6. The van der Waals surface area contributed by atoms with Crippen LogP contribution in [0.4, 0.5) is 29.3 Å². The van der Waals surface area contributed by atoms with Crippen molar-refractivity contribution in [1.29, 1.82) is 0 Å². The van der Waals surface area contributed by atoms with Crippen LogP contribution in [0.3, 0.4) is 0 Å². The number of alkyl halides is 3. The molecule has 2 aromatic rings. The number of amides is 3. The molecule has 202 valence electrons. The summed E-state index contributed by atoms with van der Waals surface area (Å²) < 4.78 is 44.6. The SMILES string of the molecule is C[C@H](CO)N1C[C@H](C)[C@@H](CN(C)C)Oc2ccc(NC(=O)Nc3ccc(C(F)(F)F)cc3)cc2CC1=O. The molecule has 3 N–H and O–H groups in total. The van der Waals surface area contributed by atoms with E-state index in [1.54, 1.807) is 30.0 Å². The van der Waals surface area contributed by atoms with Gasteiger partial charge in [0.2, 0.25) is 5.91 Å². The van der Waals surface area contributed by atoms with Gasteiger partial charge in [-0.25, -0.2) is 4.79 Å². The van der Waals surface area contributed by atoms with Crippen LogP contribution in [0.1, 0.15) is 25.0 Å². The van der Waals surface area contributed by atoms with E-state index in [4.69, 9.17) is 4.74 Å². The predicted molar refractivity (Wildman–Crippen MR) is 135 cm³/mol. The number of aliphatic hydroxyl groups is 1. The zero-order chi connectivity index (χ0) is 27.3. The average Bonchev–Trinajstić information content (AvgIpc) is 2.86. The van der Waals surface area contributed by atoms with Crippen LogP contribution in [0.2, 0.25) is 0 Å².